The monoisotopic (exact) mass is 399 g/mol. The molecule has 0 bridgehead atoms. The number of aromatic carboxylic acids is 1. The van der Waals surface area contributed by atoms with Gasteiger partial charge in [-0.25, -0.2) is 18.4 Å². The average Bonchev–Trinajstić information content (AvgIpc) is 3.24. The van der Waals surface area contributed by atoms with Gasteiger partial charge in [0.1, 0.15) is 17.0 Å². The van der Waals surface area contributed by atoms with Crippen molar-refractivity contribution in [2.75, 3.05) is 11.5 Å². The second-order valence-electron chi connectivity index (χ2n) is 6.07. The normalized spacial score (nSPS) is 18.7. The van der Waals surface area contributed by atoms with Gasteiger partial charge in [0.25, 0.3) is 0 Å². The Labute approximate surface area is 176 Å². The molecule has 0 radical (unpaired) electrons. The first-order valence-electron chi connectivity index (χ1n) is 7.71. The summed E-state index contributed by atoms with van der Waals surface area (Å²) in [6.45, 7) is 1.74. The molecule has 4 heterocycles. The molecule has 1 saturated heterocycles. The summed E-state index contributed by atoms with van der Waals surface area (Å²) in [5, 5.41) is 13.4. The van der Waals surface area contributed by atoms with Gasteiger partial charge in [-0.1, -0.05) is 6.07 Å². The van der Waals surface area contributed by atoms with E-state index in [0.29, 0.717) is 23.5 Å². The fourth-order valence-corrected chi connectivity index (χ4v) is 5.73. The Balaban J connectivity index is 0.00000196. The SMILES string of the molecule is Cc1nc2c(C(=O)[O-])nc(-c3cccs3)cc2n1C1CCS(=O)(=O)C1.[Na+]. The Morgan fingerprint density at radius 3 is 2.73 bits per heavy atom. The molecule has 10 heteroatoms. The van der Waals surface area contributed by atoms with Gasteiger partial charge in [-0.15, -0.1) is 11.3 Å². The van der Waals surface area contributed by atoms with E-state index in [1.165, 1.54) is 11.3 Å². The maximum atomic E-state index is 11.9. The van der Waals surface area contributed by atoms with E-state index >= 15 is 0 Å². The first kappa shape index (κ1) is 19.5. The quantitative estimate of drug-likeness (QED) is 0.481. The third-order valence-corrected chi connectivity index (χ3v) is 7.04. The molecule has 4 rings (SSSR count). The summed E-state index contributed by atoms with van der Waals surface area (Å²) in [4.78, 5) is 20.9. The number of carboxylic acid groups (broad SMARTS) is 1. The first-order chi connectivity index (χ1) is 11.9. The Bertz CT molecular complexity index is 1090. The molecule has 1 atom stereocenters. The topological polar surface area (TPSA) is 105 Å². The van der Waals surface area contributed by atoms with Crippen molar-refractivity contribution in [2.24, 2.45) is 0 Å². The maximum Gasteiger partial charge on any atom is 1.00 e. The smallest absolute Gasteiger partial charge is 0.543 e. The van der Waals surface area contributed by atoms with Gasteiger partial charge in [-0.05, 0) is 30.9 Å². The molecule has 1 aliphatic rings. The van der Waals surface area contributed by atoms with Crippen LogP contribution >= 0.6 is 11.3 Å². The van der Waals surface area contributed by atoms with Crippen LogP contribution in [0.25, 0.3) is 21.6 Å². The summed E-state index contributed by atoms with van der Waals surface area (Å²) in [5.41, 5.74) is 1.12. The van der Waals surface area contributed by atoms with Crippen LogP contribution in [0.1, 0.15) is 28.8 Å². The van der Waals surface area contributed by atoms with E-state index in [4.69, 9.17) is 0 Å². The summed E-state index contributed by atoms with van der Waals surface area (Å²) in [5.74, 6) is -0.652. The number of aromatic nitrogens is 3. The second-order valence-corrected chi connectivity index (χ2v) is 9.25. The Hall–Kier alpha value is -1.26. The molecule has 1 aliphatic heterocycles. The molecule has 1 fully saturated rings. The summed E-state index contributed by atoms with van der Waals surface area (Å²) < 4.78 is 25.6. The van der Waals surface area contributed by atoms with Crippen LogP contribution in [0.4, 0.5) is 0 Å². The van der Waals surface area contributed by atoms with Gasteiger partial charge in [-0.2, -0.15) is 0 Å². The van der Waals surface area contributed by atoms with Gasteiger partial charge in [0.15, 0.2) is 9.84 Å². The van der Waals surface area contributed by atoms with E-state index in [2.05, 4.69) is 9.97 Å². The van der Waals surface area contributed by atoms with E-state index in [1.54, 1.807) is 13.0 Å². The van der Waals surface area contributed by atoms with Crippen molar-refractivity contribution < 1.29 is 47.9 Å². The van der Waals surface area contributed by atoms with Crippen molar-refractivity contribution in [2.45, 2.75) is 19.4 Å². The third-order valence-electron chi connectivity index (χ3n) is 4.39. The van der Waals surface area contributed by atoms with Crippen LogP contribution in [0, 0.1) is 6.92 Å². The number of carboxylic acids is 1. The molecule has 0 aromatic carbocycles. The van der Waals surface area contributed by atoms with Crippen molar-refractivity contribution in [3.63, 3.8) is 0 Å². The number of carbonyl (C=O) groups excluding carboxylic acids is 1. The average molecular weight is 399 g/mol. The van der Waals surface area contributed by atoms with Crippen molar-refractivity contribution in [1.29, 1.82) is 0 Å². The van der Waals surface area contributed by atoms with E-state index in [1.807, 2.05) is 22.1 Å². The zero-order chi connectivity index (χ0) is 17.8. The van der Waals surface area contributed by atoms with Crippen LogP contribution in [-0.4, -0.2) is 40.4 Å². The number of pyridine rings is 1. The third kappa shape index (κ3) is 3.34. The van der Waals surface area contributed by atoms with Crippen molar-refractivity contribution in [3.05, 3.63) is 35.1 Å². The predicted molar refractivity (Wildman–Crippen MR) is 92.2 cm³/mol. The number of hydrogen-bond donors (Lipinski definition) is 0. The molecule has 130 valence electrons. The molecule has 0 N–H and O–H groups in total. The summed E-state index contributed by atoms with van der Waals surface area (Å²) in [7, 11) is -3.08. The molecule has 3 aromatic heterocycles. The van der Waals surface area contributed by atoms with Crippen molar-refractivity contribution in [1.82, 2.24) is 14.5 Å². The number of thiophene rings is 1. The van der Waals surface area contributed by atoms with Crippen LogP contribution in [0.5, 0.6) is 0 Å². The van der Waals surface area contributed by atoms with E-state index in [9.17, 15) is 18.3 Å². The van der Waals surface area contributed by atoms with Gasteiger partial charge in [0, 0.05) is 0 Å². The number of nitrogens with zero attached hydrogens (tertiary/aromatic N) is 3. The minimum Gasteiger partial charge on any atom is -0.543 e. The molecule has 3 aromatic rings. The van der Waals surface area contributed by atoms with Crippen LogP contribution in [0.3, 0.4) is 0 Å². The Morgan fingerprint density at radius 2 is 2.15 bits per heavy atom. The number of carbonyl (C=O) groups is 1. The van der Waals surface area contributed by atoms with Gasteiger partial charge in [0.2, 0.25) is 0 Å². The fourth-order valence-electron chi connectivity index (χ4n) is 3.34. The zero-order valence-corrected chi connectivity index (χ0v) is 17.9. The molecule has 0 spiro atoms. The minimum absolute atomic E-state index is 0. The Kier molecular flexibility index (Phi) is 5.28. The summed E-state index contributed by atoms with van der Waals surface area (Å²) >= 11 is 1.45. The number of fused-ring (bicyclic) bond motifs is 1. The van der Waals surface area contributed by atoms with Crippen molar-refractivity contribution >= 4 is 38.2 Å². The predicted octanol–water partition coefficient (Wildman–Crippen LogP) is -1.80. The van der Waals surface area contributed by atoms with Crippen LogP contribution in [0.15, 0.2) is 23.6 Å². The maximum absolute atomic E-state index is 11.9. The van der Waals surface area contributed by atoms with Gasteiger partial charge < -0.3 is 14.5 Å². The van der Waals surface area contributed by atoms with Crippen LogP contribution in [0.2, 0.25) is 0 Å². The van der Waals surface area contributed by atoms with Gasteiger partial charge in [0.05, 0.1) is 39.6 Å². The first-order valence-corrected chi connectivity index (χ1v) is 10.4. The molecule has 7 nitrogen and oxygen atoms in total. The van der Waals surface area contributed by atoms with E-state index in [-0.39, 0.29) is 58.3 Å². The molecule has 0 saturated carbocycles. The second kappa shape index (κ2) is 7.05. The number of imidazole rings is 1. The van der Waals surface area contributed by atoms with Crippen LogP contribution < -0.4 is 34.7 Å². The van der Waals surface area contributed by atoms with Gasteiger partial charge >= 0.3 is 29.6 Å². The molecule has 1 unspecified atom stereocenters. The Morgan fingerprint density at radius 1 is 1.38 bits per heavy atom. The summed E-state index contributed by atoms with van der Waals surface area (Å²) in [6, 6.07) is 5.24. The molecule has 26 heavy (non-hydrogen) atoms. The van der Waals surface area contributed by atoms with E-state index in [0.717, 1.165) is 4.88 Å². The fraction of sp³-hybridized carbons (Fsp3) is 0.312. The van der Waals surface area contributed by atoms with Crippen LogP contribution in [-0.2, 0) is 9.84 Å². The number of sulfone groups is 1. The molecular formula is C16H14N3NaO4S2. The largest absolute Gasteiger partial charge is 1.00 e. The molecule has 0 aliphatic carbocycles. The van der Waals surface area contributed by atoms with Gasteiger partial charge in [-0.3, -0.25) is 0 Å². The minimum atomic E-state index is -3.08. The van der Waals surface area contributed by atoms with Crippen molar-refractivity contribution in [3.8, 4) is 10.6 Å². The molecular weight excluding hydrogens is 385 g/mol. The zero-order valence-electron chi connectivity index (χ0n) is 14.3. The number of aryl methyl sites for hydroxylation is 1. The number of rotatable bonds is 3. The number of hydrogen-bond acceptors (Lipinski definition) is 7. The molecule has 0 amide bonds. The summed E-state index contributed by atoms with van der Waals surface area (Å²) in [6.07, 6.45) is 0.492. The van der Waals surface area contributed by atoms with E-state index < -0.39 is 15.8 Å². The standard InChI is InChI=1S/C16H15N3O4S2.Na/c1-9-17-14-12(19(9)10-4-6-25(22,23)8-10)7-11(13-3-2-5-24-13)18-15(14)16(20)21;/h2-3,5,7,10H,4,6,8H2,1H3,(H,20,21);/q;+1/p-1.